The lowest BCUT2D eigenvalue weighted by Crippen LogP contribution is -2.51. The summed E-state index contributed by atoms with van der Waals surface area (Å²) in [5, 5.41) is 0. The Morgan fingerprint density at radius 1 is 1.08 bits per heavy atom. The average molecular weight is 484 g/mol. The highest BCUT2D eigenvalue weighted by Crippen LogP contribution is 2.21. The number of carbonyl (C=O) groups excluding carboxylic acids is 3. The van der Waals surface area contributed by atoms with E-state index in [2.05, 4.69) is 47.7 Å². The molecule has 1 aliphatic heterocycles. The molecule has 1 aromatic heterocycles. The van der Waals surface area contributed by atoms with Crippen LogP contribution in [0.15, 0.2) is 45.5 Å². The van der Waals surface area contributed by atoms with Crippen LogP contribution in [0.5, 0.6) is 0 Å². The zero-order valence-corrected chi connectivity index (χ0v) is 16.8. The van der Waals surface area contributed by atoms with Crippen LogP contribution in [0, 0.1) is 0 Å². The second-order valence-electron chi connectivity index (χ2n) is 5.84. The summed E-state index contributed by atoms with van der Waals surface area (Å²) in [6.45, 7) is 0.504. The summed E-state index contributed by atoms with van der Waals surface area (Å²) < 4.78 is 1.61. The van der Waals surface area contributed by atoms with Crippen LogP contribution >= 0.6 is 31.9 Å². The quantitative estimate of drug-likeness (QED) is 0.585. The molecule has 1 aromatic carbocycles. The number of H-pyrrole nitrogens is 1. The topological polar surface area (TPSA) is 94.3 Å². The van der Waals surface area contributed by atoms with Crippen molar-refractivity contribution in [3.8, 4) is 0 Å². The molecule has 2 aromatic rings. The van der Waals surface area contributed by atoms with Crippen molar-refractivity contribution in [2.75, 3.05) is 6.54 Å². The zero-order valence-electron chi connectivity index (χ0n) is 13.6. The Hall–Kier alpha value is -2.13. The van der Waals surface area contributed by atoms with Crippen molar-refractivity contribution >= 4 is 49.6 Å². The third kappa shape index (κ3) is 4.16. The molecule has 1 unspecified atom stereocenters. The van der Waals surface area contributed by atoms with Gasteiger partial charge in [0.25, 0.3) is 17.7 Å². The van der Waals surface area contributed by atoms with E-state index in [1.807, 2.05) is 0 Å². The number of halogens is 2. The predicted molar refractivity (Wildman–Crippen MR) is 102 cm³/mol. The van der Waals surface area contributed by atoms with Gasteiger partial charge in [-0.15, -0.1) is 0 Å². The summed E-state index contributed by atoms with van der Waals surface area (Å²) in [6, 6.07) is 7.98. The fraction of sp³-hybridized carbons (Fsp3) is 0.235. The van der Waals surface area contributed by atoms with Crippen LogP contribution in [0.1, 0.15) is 33.7 Å². The van der Waals surface area contributed by atoms with Crippen LogP contribution in [-0.2, 0) is 4.79 Å². The van der Waals surface area contributed by atoms with Crippen molar-refractivity contribution in [2.45, 2.75) is 18.9 Å². The van der Waals surface area contributed by atoms with Gasteiger partial charge >= 0.3 is 0 Å². The molecule has 0 saturated carbocycles. The number of hydrogen-bond acceptors (Lipinski definition) is 3. The predicted octanol–water partition coefficient (Wildman–Crippen LogP) is 2.61. The van der Waals surface area contributed by atoms with Gasteiger partial charge in [0.1, 0.15) is 11.7 Å². The van der Waals surface area contributed by atoms with Crippen molar-refractivity contribution in [3.63, 3.8) is 0 Å². The number of aromatic amines is 1. The van der Waals surface area contributed by atoms with Crippen molar-refractivity contribution in [3.05, 3.63) is 56.7 Å². The monoisotopic (exact) mass is 482 g/mol. The SMILES string of the molecule is O=C(NNC(=O)C1CCCN1C(=O)c1ccc(Br)cc1)c1cc(Br)c[nH]1. The first kappa shape index (κ1) is 18.7. The van der Waals surface area contributed by atoms with Gasteiger partial charge in [-0.25, -0.2) is 0 Å². The highest BCUT2D eigenvalue weighted by atomic mass is 79.9. The Bertz CT molecular complexity index is 835. The molecule has 0 spiro atoms. The summed E-state index contributed by atoms with van der Waals surface area (Å²) in [4.78, 5) is 41.4. The number of likely N-dealkylation sites (tertiary alicyclic amines) is 1. The average Bonchev–Trinajstić information content (AvgIpc) is 3.28. The van der Waals surface area contributed by atoms with Gasteiger partial charge in [-0.1, -0.05) is 15.9 Å². The third-order valence-electron chi connectivity index (χ3n) is 4.10. The fourth-order valence-electron chi connectivity index (χ4n) is 2.81. The molecule has 2 heterocycles. The first-order valence-corrected chi connectivity index (χ1v) is 9.55. The van der Waals surface area contributed by atoms with E-state index in [9.17, 15) is 14.4 Å². The highest BCUT2D eigenvalue weighted by molar-refractivity contribution is 9.10. The Morgan fingerprint density at radius 2 is 1.81 bits per heavy atom. The van der Waals surface area contributed by atoms with E-state index >= 15 is 0 Å². The number of carbonyl (C=O) groups is 3. The maximum absolute atomic E-state index is 12.7. The molecular formula is C17H16Br2N4O3. The summed E-state index contributed by atoms with van der Waals surface area (Å²) in [5.41, 5.74) is 5.60. The largest absolute Gasteiger partial charge is 0.356 e. The molecule has 0 aliphatic carbocycles. The molecule has 1 saturated heterocycles. The van der Waals surface area contributed by atoms with Crippen LogP contribution in [-0.4, -0.2) is 40.2 Å². The second-order valence-corrected chi connectivity index (χ2v) is 7.67. The number of amides is 3. The number of benzene rings is 1. The summed E-state index contributed by atoms with van der Waals surface area (Å²) in [7, 11) is 0. The molecule has 1 aliphatic rings. The lowest BCUT2D eigenvalue weighted by atomic mass is 10.1. The molecular weight excluding hydrogens is 468 g/mol. The number of hydrazine groups is 1. The van der Waals surface area contributed by atoms with Gasteiger partial charge in [0.05, 0.1) is 0 Å². The first-order valence-electron chi connectivity index (χ1n) is 7.96. The maximum Gasteiger partial charge on any atom is 0.286 e. The normalized spacial score (nSPS) is 16.4. The van der Waals surface area contributed by atoms with Gasteiger partial charge in [0.2, 0.25) is 0 Å². The van der Waals surface area contributed by atoms with Gasteiger partial charge in [-0.3, -0.25) is 25.2 Å². The Kier molecular flexibility index (Phi) is 5.77. The van der Waals surface area contributed by atoms with Gasteiger partial charge in [0, 0.05) is 27.3 Å². The van der Waals surface area contributed by atoms with E-state index in [0.717, 1.165) is 15.4 Å². The van der Waals surface area contributed by atoms with Crippen LogP contribution < -0.4 is 10.9 Å². The molecule has 3 N–H and O–H groups in total. The molecule has 136 valence electrons. The minimum absolute atomic E-state index is 0.199. The number of rotatable bonds is 3. The number of hydrogen-bond donors (Lipinski definition) is 3. The lowest BCUT2D eigenvalue weighted by molar-refractivity contribution is -0.125. The smallest absolute Gasteiger partial charge is 0.286 e. The molecule has 3 rings (SSSR count). The van der Waals surface area contributed by atoms with Crippen LogP contribution in [0.2, 0.25) is 0 Å². The van der Waals surface area contributed by atoms with Gasteiger partial charge in [-0.05, 0) is 59.1 Å². The highest BCUT2D eigenvalue weighted by Gasteiger charge is 2.34. The molecule has 1 fully saturated rings. The van der Waals surface area contributed by atoms with Crippen molar-refractivity contribution in [1.82, 2.24) is 20.7 Å². The minimum Gasteiger partial charge on any atom is -0.356 e. The molecule has 26 heavy (non-hydrogen) atoms. The summed E-state index contributed by atoms with van der Waals surface area (Å²) in [6.07, 6.45) is 2.90. The first-order chi connectivity index (χ1) is 12.5. The van der Waals surface area contributed by atoms with E-state index in [4.69, 9.17) is 0 Å². The standard InChI is InChI=1S/C17H16Br2N4O3/c18-11-5-3-10(4-6-11)17(26)23-7-1-2-14(23)16(25)22-21-15(24)13-8-12(19)9-20-13/h3-6,8-9,14,20H,1-2,7H2,(H,21,24)(H,22,25). The number of aromatic nitrogens is 1. The molecule has 3 amide bonds. The van der Waals surface area contributed by atoms with Gasteiger partial charge < -0.3 is 9.88 Å². The number of nitrogens with zero attached hydrogens (tertiary/aromatic N) is 1. The molecule has 7 nitrogen and oxygen atoms in total. The third-order valence-corrected chi connectivity index (χ3v) is 5.09. The van der Waals surface area contributed by atoms with Crippen molar-refractivity contribution < 1.29 is 14.4 Å². The van der Waals surface area contributed by atoms with E-state index in [1.54, 1.807) is 36.5 Å². The summed E-state index contributed by atoms with van der Waals surface area (Å²) in [5.74, 6) is -1.07. The Labute approximate surface area is 166 Å². The van der Waals surface area contributed by atoms with E-state index < -0.39 is 17.9 Å². The molecule has 0 bridgehead atoms. The van der Waals surface area contributed by atoms with Crippen molar-refractivity contribution in [2.24, 2.45) is 0 Å². The van der Waals surface area contributed by atoms with Crippen LogP contribution in [0.4, 0.5) is 0 Å². The van der Waals surface area contributed by atoms with Crippen LogP contribution in [0.25, 0.3) is 0 Å². The van der Waals surface area contributed by atoms with Gasteiger partial charge in [0.15, 0.2) is 0 Å². The van der Waals surface area contributed by atoms with E-state index in [1.165, 1.54) is 4.90 Å². The second kappa shape index (κ2) is 8.05. The molecule has 1 atom stereocenters. The van der Waals surface area contributed by atoms with E-state index in [0.29, 0.717) is 24.2 Å². The Balaban J connectivity index is 1.62. The fourth-order valence-corrected chi connectivity index (χ4v) is 3.42. The van der Waals surface area contributed by atoms with Gasteiger partial charge in [-0.2, -0.15) is 0 Å². The summed E-state index contributed by atoms with van der Waals surface area (Å²) >= 11 is 6.57. The lowest BCUT2D eigenvalue weighted by Gasteiger charge is -2.24. The maximum atomic E-state index is 12.7. The number of nitrogens with one attached hydrogen (secondary N) is 3. The minimum atomic E-state index is -0.609. The van der Waals surface area contributed by atoms with Crippen LogP contribution in [0.3, 0.4) is 0 Å². The Morgan fingerprint density at radius 3 is 2.46 bits per heavy atom. The molecule has 9 heteroatoms. The van der Waals surface area contributed by atoms with E-state index in [-0.39, 0.29) is 5.91 Å². The zero-order chi connectivity index (χ0) is 18.7. The molecule has 0 radical (unpaired) electrons. The van der Waals surface area contributed by atoms with Crippen molar-refractivity contribution in [1.29, 1.82) is 0 Å².